The van der Waals surface area contributed by atoms with Gasteiger partial charge in [-0.1, -0.05) is 25.4 Å². The standard InChI is InChI=1S/C7H10ClNS/c1-5(2)3-7-9-4-6(8)10-7/h4-5H,3H2,1-2H3. The number of rotatable bonds is 2. The van der Waals surface area contributed by atoms with Crippen molar-refractivity contribution in [2.24, 2.45) is 5.92 Å². The lowest BCUT2D eigenvalue weighted by Gasteiger charge is -1.97. The molecule has 3 heteroatoms. The Balaban J connectivity index is 2.58. The molecule has 0 saturated carbocycles. The van der Waals surface area contributed by atoms with Crippen molar-refractivity contribution in [3.05, 3.63) is 15.5 Å². The van der Waals surface area contributed by atoms with Crippen molar-refractivity contribution in [1.82, 2.24) is 4.98 Å². The minimum atomic E-state index is 0.669. The predicted octanol–water partition coefficient (Wildman–Crippen LogP) is 3.00. The first-order valence-electron chi connectivity index (χ1n) is 3.28. The van der Waals surface area contributed by atoms with E-state index in [4.69, 9.17) is 11.6 Å². The number of nitrogens with zero attached hydrogens (tertiary/aromatic N) is 1. The minimum Gasteiger partial charge on any atom is -0.248 e. The van der Waals surface area contributed by atoms with Gasteiger partial charge >= 0.3 is 0 Å². The van der Waals surface area contributed by atoms with Gasteiger partial charge in [-0.25, -0.2) is 4.98 Å². The SMILES string of the molecule is CC(C)Cc1ncc(Cl)s1. The van der Waals surface area contributed by atoms with Crippen LogP contribution in [0.4, 0.5) is 0 Å². The van der Waals surface area contributed by atoms with Gasteiger partial charge in [0.2, 0.25) is 0 Å². The highest BCUT2D eigenvalue weighted by Crippen LogP contribution is 2.20. The summed E-state index contributed by atoms with van der Waals surface area (Å²) in [7, 11) is 0. The number of hydrogen-bond donors (Lipinski definition) is 0. The van der Waals surface area contributed by atoms with E-state index in [1.165, 1.54) is 0 Å². The van der Waals surface area contributed by atoms with E-state index in [0.717, 1.165) is 15.8 Å². The van der Waals surface area contributed by atoms with E-state index in [-0.39, 0.29) is 0 Å². The smallest absolute Gasteiger partial charge is 0.113 e. The van der Waals surface area contributed by atoms with Crippen LogP contribution in [0.25, 0.3) is 0 Å². The van der Waals surface area contributed by atoms with Crippen LogP contribution in [0.2, 0.25) is 4.34 Å². The maximum absolute atomic E-state index is 5.70. The maximum Gasteiger partial charge on any atom is 0.113 e. The topological polar surface area (TPSA) is 12.9 Å². The predicted molar refractivity (Wildman–Crippen MR) is 45.7 cm³/mol. The Kier molecular flexibility index (Phi) is 2.69. The van der Waals surface area contributed by atoms with Crippen LogP contribution in [0.15, 0.2) is 6.20 Å². The summed E-state index contributed by atoms with van der Waals surface area (Å²) in [6.07, 6.45) is 2.75. The van der Waals surface area contributed by atoms with Gasteiger partial charge in [-0.05, 0) is 5.92 Å². The molecule has 1 nitrogen and oxygen atoms in total. The Labute approximate surface area is 70.1 Å². The quantitative estimate of drug-likeness (QED) is 0.674. The fraction of sp³-hybridized carbons (Fsp3) is 0.571. The minimum absolute atomic E-state index is 0.669. The summed E-state index contributed by atoms with van der Waals surface area (Å²) in [5.41, 5.74) is 0. The Hall–Kier alpha value is -0.0800. The van der Waals surface area contributed by atoms with Gasteiger partial charge in [0.15, 0.2) is 0 Å². The van der Waals surface area contributed by atoms with Crippen molar-refractivity contribution in [2.45, 2.75) is 20.3 Å². The molecule has 0 aliphatic rings. The lowest BCUT2D eigenvalue weighted by molar-refractivity contribution is 0.644. The van der Waals surface area contributed by atoms with Gasteiger partial charge in [-0.2, -0.15) is 0 Å². The second-order valence-electron chi connectivity index (χ2n) is 2.66. The van der Waals surface area contributed by atoms with Gasteiger partial charge in [0.1, 0.15) is 4.34 Å². The third-order valence-corrected chi connectivity index (χ3v) is 2.25. The summed E-state index contributed by atoms with van der Waals surface area (Å²) in [6, 6.07) is 0. The maximum atomic E-state index is 5.70. The zero-order chi connectivity index (χ0) is 7.56. The van der Waals surface area contributed by atoms with Gasteiger partial charge < -0.3 is 0 Å². The number of hydrogen-bond acceptors (Lipinski definition) is 2. The molecule has 1 heterocycles. The van der Waals surface area contributed by atoms with E-state index < -0.39 is 0 Å². The highest BCUT2D eigenvalue weighted by Gasteiger charge is 2.01. The van der Waals surface area contributed by atoms with Crippen LogP contribution in [-0.2, 0) is 6.42 Å². The van der Waals surface area contributed by atoms with Crippen molar-refractivity contribution in [3.8, 4) is 0 Å². The van der Waals surface area contributed by atoms with Gasteiger partial charge in [0.25, 0.3) is 0 Å². The number of aromatic nitrogens is 1. The molecule has 0 fully saturated rings. The molecule has 0 radical (unpaired) electrons. The molecule has 56 valence electrons. The van der Waals surface area contributed by atoms with E-state index >= 15 is 0 Å². The van der Waals surface area contributed by atoms with Gasteiger partial charge in [-0.3, -0.25) is 0 Å². The molecule has 0 N–H and O–H groups in total. The molecular weight excluding hydrogens is 166 g/mol. The van der Waals surface area contributed by atoms with Crippen LogP contribution in [0.1, 0.15) is 18.9 Å². The van der Waals surface area contributed by atoms with E-state index in [1.807, 2.05) is 0 Å². The van der Waals surface area contributed by atoms with E-state index in [2.05, 4.69) is 18.8 Å². The van der Waals surface area contributed by atoms with Gasteiger partial charge in [0.05, 0.1) is 11.2 Å². The average molecular weight is 176 g/mol. The molecule has 10 heavy (non-hydrogen) atoms. The van der Waals surface area contributed by atoms with Crippen LogP contribution in [0.5, 0.6) is 0 Å². The van der Waals surface area contributed by atoms with Crippen molar-refractivity contribution in [3.63, 3.8) is 0 Å². The van der Waals surface area contributed by atoms with E-state index in [1.54, 1.807) is 17.5 Å². The lowest BCUT2D eigenvalue weighted by Crippen LogP contribution is -1.91. The summed E-state index contributed by atoms with van der Waals surface area (Å²) in [4.78, 5) is 4.14. The van der Waals surface area contributed by atoms with E-state index in [0.29, 0.717) is 5.92 Å². The molecule has 1 aromatic rings. The van der Waals surface area contributed by atoms with Crippen molar-refractivity contribution in [2.75, 3.05) is 0 Å². The molecule has 0 aliphatic heterocycles. The third kappa shape index (κ3) is 2.27. The Morgan fingerprint density at radius 3 is 2.80 bits per heavy atom. The fourth-order valence-electron chi connectivity index (χ4n) is 0.732. The molecule has 1 rings (SSSR count). The van der Waals surface area contributed by atoms with Crippen LogP contribution < -0.4 is 0 Å². The first-order valence-corrected chi connectivity index (χ1v) is 4.48. The zero-order valence-electron chi connectivity index (χ0n) is 6.10. The second-order valence-corrected chi connectivity index (χ2v) is 4.40. The van der Waals surface area contributed by atoms with Crippen LogP contribution >= 0.6 is 22.9 Å². The zero-order valence-corrected chi connectivity index (χ0v) is 7.67. The number of halogens is 1. The molecule has 1 aromatic heterocycles. The molecule has 0 bridgehead atoms. The monoisotopic (exact) mass is 175 g/mol. The van der Waals surface area contributed by atoms with E-state index in [9.17, 15) is 0 Å². The molecule has 0 amide bonds. The van der Waals surface area contributed by atoms with Gasteiger partial charge in [-0.15, -0.1) is 11.3 Å². The summed E-state index contributed by atoms with van der Waals surface area (Å²) in [5, 5.41) is 1.14. The largest absolute Gasteiger partial charge is 0.248 e. The van der Waals surface area contributed by atoms with Crippen molar-refractivity contribution in [1.29, 1.82) is 0 Å². The lowest BCUT2D eigenvalue weighted by atomic mass is 10.1. The summed E-state index contributed by atoms with van der Waals surface area (Å²) in [6.45, 7) is 4.35. The molecule has 0 unspecified atom stereocenters. The third-order valence-electron chi connectivity index (χ3n) is 1.11. The first-order chi connectivity index (χ1) is 4.68. The molecule has 0 spiro atoms. The van der Waals surface area contributed by atoms with Crippen LogP contribution in [0, 0.1) is 5.92 Å². The Morgan fingerprint density at radius 2 is 2.40 bits per heavy atom. The highest BCUT2D eigenvalue weighted by molar-refractivity contribution is 7.15. The van der Waals surface area contributed by atoms with Crippen LogP contribution in [-0.4, -0.2) is 4.98 Å². The fourth-order valence-corrected chi connectivity index (χ4v) is 1.90. The molecule has 0 saturated heterocycles. The number of thiazole rings is 1. The van der Waals surface area contributed by atoms with Crippen molar-refractivity contribution < 1.29 is 0 Å². The first kappa shape index (κ1) is 8.02. The molecular formula is C7H10ClNS. The van der Waals surface area contributed by atoms with Crippen LogP contribution in [0.3, 0.4) is 0 Å². The van der Waals surface area contributed by atoms with Gasteiger partial charge in [0, 0.05) is 6.42 Å². The molecule has 0 atom stereocenters. The van der Waals surface area contributed by atoms with Crippen molar-refractivity contribution >= 4 is 22.9 Å². The normalized spacial score (nSPS) is 10.8. The molecule has 0 aromatic carbocycles. The summed E-state index contributed by atoms with van der Waals surface area (Å²) < 4.78 is 0.788. The average Bonchev–Trinajstić information content (AvgIpc) is 2.13. The summed E-state index contributed by atoms with van der Waals surface area (Å²) >= 11 is 7.27. The Morgan fingerprint density at radius 1 is 1.70 bits per heavy atom. The summed E-state index contributed by atoms with van der Waals surface area (Å²) in [5.74, 6) is 0.669. The second kappa shape index (κ2) is 3.35. The molecule has 0 aliphatic carbocycles. The Bertz CT molecular complexity index is 207. The highest BCUT2D eigenvalue weighted by atomic mass is 35.5.